The van der Waals surface area contributed by atoms with Crippen molar-refractivity contribution in [2.24, 2.45) is 35.5 Å². The van der Waals surface area contributed by atoms with Crippen molar-refractivity contribution in [2.75, 3.05) is 0 Å². The number of allylic oxidation sites excluding steroid dienone is 2. The Labute approximate surface area is 210 Å². The molecule has 4 aliphatic carbocycles. The highest BCUT2D eigenvalue weighted by Gasteiger charge is 2.68. The first kappa shape index (κ1) is 22.9. The van der Waals surface area contributed by atoms with Gasteiger partial charge in [0.05, 0.1) is 11.8 Å². The number of hydrogen-bond donors (Lipinski definition) is 0. The third-order valence-electron chi connectivity index (χ3n) is 8.55. The van der Waals surface area contributed by atoms with Crippen LogP contribution in [0.25, 0.3) is 0 Å². The van der Waals surface area contributed by atoms with E-state index in [9.17, 15) is 19.2 Å². The summed E-state index contributed by atoms with van der Waals surface area (Å²) >= 11 is 0. The number of amides is 2. The Morgan fingerprint density at radius 3 is 2.08 bits per heavy atom. The number of rotatable bonds is 7. The molecule has 6 nitrogen and oxygen atoms in total. The number of carbonyl (C=O) groups is 4. The fraction of sp³-hybridized carbons (Fsp3) is 0.400. The lowest BCUT2D eigenvalue weighted by atomic mass is 9.63. The van der Waals surface area contributed by atoms with Gasteiger partial charge in [0.25, 0.3) is 0 Å². The normalized spacial score (nSPS) is 31.0. The molecule has 2 aromatic carbocycles. The lowest BCUT2D eigenvalue weighted by Gasteiger charge is -2.37. The number of ether oxygens (including phenoxy) is 1. The Kier molecular flexibility index (Phi) is 5.43. The van der Waals surface area contributed by atoms with Gasteiger partial charge in [0.15, 0.2) is 6.10 Å². The molecule has 2 aromatic rings. The average Bonchev–Trinajstić information content (AvgIpc) is 3.67. The van der Waals surface area contributed by atoms with Gasteiger partial charge in [-0.1, -0.05) is 72.3 Å². The smallest absolute Gasteiger partial charge is 0.330 e. The van der Waals surface area contributed by atoms with Gasteiger partial charge in [-0.15, -0.1) is 0 Å². The van der Waals surface area contributed by atoms with Crippen molar-refractivity contribution in [1.29, 1.82) is 0 Å². The molecule has 2 bridgehead atoms. The molecule has 1 saturated heterocycles. The zero-order chi connectivity index (χ0) is 25.1. The maximum Gasteiger partial charge on any atom is 0.330 e. The number of esters is 1. The largest absolute Gasteiger partial charge is 0.453 e. The van der Waals surface area contributed by atoms with Crippen LogP contribution in [0.5, 0.6) is 0 Å². The first-order chi connectivity index (χ1) is 17.3. The standard InChI is InChI=1S/C30H29NO5/c1-16-8-10-19(11-9-16)27(32)17(2)36-30(35)24(14-18-6-4-3-5-7-18)31-28(33)25-20-12-13-21(23-15-22(20)23)26(25)29(31)34/h3-13,17,20-26H,14-15H2,1-2H3/t17-,20-,21-,22-,23-,24+,25-,26+/m1/s1. The highest BCUT2D eigenvalue weighted by atomic mass is 16.5. The number of carbonyl (C=O) groups excluding carboxylic acids is 4. The van der Waals surface area contributed by atoms with Gasteiger partial charge in [-0.05, 0) is 49.5 Å². The average molecular weight is 484 g/mol. The molecule has 36 heavy (non-hydrogen) atoms. The van der Waals surface area contributed by atoms with E-state index in [1.165, 1.54) is 11.8 Å². The molecule has 0 spiro atoms. The van der Waals surface area contributed by atoms with Crippen molar-refractivity contribution < 1.29 is 23.9 Å². The van der Waals surface area contributed by atoms with Gasteiger partial charge < -0.3 is 4.74 Å². The molecule has 2 amide bonds. The summed E-state index contributed by atoms with van der Waals surface area (Å²) < 4.78 is 5.64. The van der Waals surface area contributed by atoms with E-state index in [1.54, 1.807) is 12.1 Å². The highest BCUT2D eigenvalue weighted by Crippen LogP contribution is 2.65. The Morgan fingerprint density at radius 1 is 0.917 bits per heavy atom. The van der Waals surface area contributed by atoms with E-state index >= 15 is 0 Å². The van der Waals surface area contributed by atoms with Crippen molar-refractivity contribution >= 4 is 23.6 Å². The van der Waals surface area contributed by atoms with Crippen LogP contribution in [-0.2, 0) is 25.5 Å². The third kappa shape index (κ3) is 3.62. The number of benzene rings is 2. The zero-order valence-corrected chi connectivity index (χ0v) is 20.4. The SMILES string of the molecule is Cc1ccc(C(=O)[C@@H](C)OC(=O)[C@H](Cc2ccccc2)N2C(=O)[C@@H]3[C@@H]4C=C[C@H]([C@H]5C[C@H]45)[C@@H]3C2=O)cc1. The molecule has 7 rings (SSSR count). The summed E-state index contributed by atoms with van der Waals surface area (Å²) in [6, 6.07) is 15.3. The number of ketones is 1. The summed E-state index contributed by atoms with van der Waals surface area (Å²) in [5.74, 6) is -1.29. The van der Waals surface area contributed by atoms with Gasteiger partial charge in [-0.2, -0.15) is 0 Å². The molecule has 184 valence electrons. The maximum absolute atomic E-state index is 13.7. The Morgan fingerprint density at radius 2 is 1.50 bits per heavy atom. The van der Waals surface area contributed by atoms with Crippen LogP contribution in [0.3, 0.4) is 0 Å². The van der Waals surface area contributed by atoms with Crippen molar-refractivity contribution in [3.8, 4) is 0 Å². The zero-order valence-electron chi connectivity index (χ0n) is 20.4. The minimum atomic E-state index is -1.11. The highest BCUT2D eigenvalue weighted by molar-refractivity contribution is 6.09. The molecule has 6 heteroatoms. The van der Waals surface area contributed by atoms with E-state index in [4.69, 9.17) is 4.74 Å². The van der Waals surface area contributed by atoms with E-state index in [0.717, 1.165) is 17.5 Å². The molecule has 1 aliphatic heterocycles. The second-order valence-corrected chi connectivity index (χ2v) is 10.7. The fourth-order valence-corrected chi connectivity index (χ4v) is 6.66. The Balaban J connectivity index is 1.27. The van der Waals surface area contributed by atoms with Crippen molar-refractivity contribution in [1.82, 2.24) is 4.90 Å². The van der Waals surface area contributed by atoms with Crippen LogP contribution in [-0.4, -0.2) is 40.6 Å². The van der Waals surface area contributed by atoms with E-state index in [0.29, 0.717) is 17.4 Å². The minimum Gasteiger partial charge on any atom is -0.453 e. The number of aryl methyl sites for hydroxylation is 1. The molecule has 3 fully saturated rings. The summed E-state index contributed by atoms with van der Waals surface area (Å²) in [5.41, 5.74) is 2.28. The predicted octanol–water partition coefficient (Wildman–Crippen LogP) is 3.77. The van der Waals surface area contributed by atoms with Gasteiger partial charge in [0.2, 0.25) is 17.6 Å². The van der Waals surface area contributed by atoms with Gasteiger partial charge >= 0.3 is 5.97 Å². The molecule has 5 aliphatic rings. The van der Waals surface area contributed by atoms with Gasteiger partial charge in [0, 0.05) is 12.0 Å². The summed E-state index contributed by atoms with van der Waals surface area (Å²) in [6.45, 7) is 3.46. The summed E-state index contributed by atoms with van der Waals surface area (Å²) in [4.78, 5) is 55.1. The minimum absolute atomic E-state index is 0.0712. The summed E-state index contributed by atoms with van der Waals surface area (Å²) in [7, 11) is 0. The monoisotopic (exact) mass is 483 g/mol. The van der Waals surface area contributed by atoms with Crippen LogP contribution in [0.2, 0.25) is 0 Å². The quantitative estimate of drug-likeness (QED) is 0.259. The Bertz CT molecular complexity index is 1230. The number of likely N-dealkylation sites (tertiary alicyclic amines) is 1. The topological polar surface area (TPSA) is 80.8 Å². The van der Waals surface area contributed by atoms with Crippen LogP contribution in [0.1, 0.15) is 34.8 Å². The second kappa shape index (κ2) is 8.54. The molecule has 1 heterocycles. The first-order valence-electron chi connectivity index (χ1n) is 12.8. The van der Waals surface area contributed by atoms with Crippen LogP contribution in [0, 0.1) is 42.4 Å². The van der Waals surface area contributed by atoms with Crippen LogP contribution in [0.15, 0.2) is 66.7 Å². The van der Waals surface area contributed by atoms with E-state index in [1.807, 2.05) is 49.4 Å². The van der Waals surface area contributed by atoms with E-state index < -0.39 is 30.0 Å². The molecule has 0 unspecified atom stereocenters. The van der Waals surface area contributed by atoms with Crippen molar-refractivity contribution in [2.45, 2.75) is 38.8 Å². The molecule has 0 aromatic heterocycles. The van der Waals surface area contributed by atoms with Gasteiger partial charge in [-0.3, -0.25) is 19.3 Å². The number of Topliss-reactive ketones (excluding diaryl/α,β-unsaturated/α-hetero) is 1. The van der Waals surface area contributed by atoms with Crippen LogP contribution in [0.4, 0.5) is 0 Å². The second-order valence-electron chi connectivity index (χ2n) is 10.7. The molecule has 8 atom stereocenters. The molecule has 2 saturated carbocycles. The third-order valence-corrected chi connectivity index (χ3v) is 8.55. The van der Waals surface area contributed by atoms with Crippen molar-refractivity contribution in [3.05, 3.63) is 83.4 Å². The number of imide groups is 1. The van der Waals surface area contributed by atoms with Crippen LogP contribution >= 0.6 is 0 Å². The molecular formula is C30H29NO5. The predicted molar refractivity (Wildman–Crippen MR) is 132 cm³/mol. The van der Waals surface area contributed by atoms with E-state index in [2.05, 4.69) is 12.2 Å². The summed E-state index contributed by atoms with van der Waals surface area (Å²) in [5, 5.41) is 0. The maximum atomic E-state index is 13.7. The van der Waals surface area contributed by atoms with Gasteiger partial charge in [-0.25, -0.2) is 4.79 Å². The lowest BCUT2D eigenvalue weighted by Crippen LogP contribution is -2.49. The molecular weight excluding hydrogens is 454 g/mol. The van der Waals surface area contributed by atoms with E-state index in [-0.39, 0.29) is 35.9 Å². The Hall–Kier alpha value is -3.54. The lowest BCUT2D eigenvalue weighted by molar-refractivity contribution is -0.160. The van der Waals surface area contributed by atoms with Crippen molar-refractivity contribution in [3.63, 3.8) is 0 Å². The number of hydrogen-bond acceptors (Lipinski definition) is 5. The first-order valence-corrected chi connectivity index (χ1v) is 12.8. The van der Waals surface area contributed by atoms with Crippen LogP contribution < -0.4 is 0 Å². The molecule has 0 N–H and O–H groups in total. The van der Waals surface area contributed by atoms with Gasteiger partial charge in [0.1, 0.15) is 6.04 Å². The summed E-state index contributed by atoms with van der Waals surface area (Å²) in [6.07, 6.45) is 4.41. The molecule has 0 radical (unpaired) electrons. The number of nitrogens with zero attached hydrogens (tertiary/aromatic N) is 1. The fourth-order valence-electron chi connectivity index (χ4n) is 6.66.